The molecule has 0 aliphatic rings. The van der Waals surface area contributed by atoms with E-state index in [1.807, 2.05) is 23.2 Å². The number of aromatic nitrogens is 2. The summed E-state index contributed by atoms with van der Waals surface area (Å²) >= 11 is 0. The predicted octanol–water partition coefficient (Wildman–Crippen LogP) is 1.48. The van der Waals surface area contributed by atoms with Gasteiger partial charge in [0.05, 0.1) is 12.0 Å². The van der Waals surface area contributed by atoms with Crippen molar-refractivity contribution in [3.8, 4) is 5.69 Å². The number of nitrogens with zero attached hydrogens (tertiary/aromatic N) is 2. The maximum atomic E-state index is 5.51. The Hall–Kier alpha value is -1.65. The van der Waals surface area contributed by atoms with E-state index in [-0.39, 0.29) is 6.04 Å². The van der Waals surface area contributed by atoms with Crippen LogP contribution in [0.3, 0.4) is 0 Å². The summed E-state index contributed by atoms with van der Waals surface area (Å²) in [7, 11) is 0. The van der Waals surface area contributed by atoms with Crippen LogP contribution in [0.15, 0.2) is 43.0 Å². The van der Waals surface area contributed by atoms with Gasteiger partial charge in [-0.3, -0.25) is 0 Å². The van der Waals surface area contributed by atoms with E-state index in [1.54, 1.807) is 6.20 Å². The Labute approximate surface area is 101 Å². The highest BCUT2D eigenvalue weighted by Gasteiger charge is 2.09. The summed E-state index contributed by atoms with van der Waals surface area (Å²) in [6, 6.07) is 8.59. The van der Waals surface area contributed by atoms with E-state index in [0.717, 1.165) is 12.2 Å². The smallest absolute Gasteiger partial charge is 0.0991 e. The molecule has 0 saturated carbocycles. The highest BCUT2D eigenvalue weighted by Crippen LogP contribution is 2.20. The highest BCUT2D eigenvalue weighted by atomic mass is 15.0. The van der Waals surface area contributed by atoms with Gasteiger partial charge in [-0.1, -0.05) is 18.2 Å². The second-order valence-electron chi connectivity index (χ2n) is 3.99. The van der Waals surface area contributed by atoms with Crippen LogP contribution in [0.1, 0.15) is 18.5 Å². The number of para-hydroxylation sites is 1. The summed E-state index contributed by atoms with van der Waals surface area (Å²) in [5.41, 5.74) is 7.91. The molecule has 90 valence electrons. The van der Waals surface area contributed by atoms with E-state index in [0.29, 0.717) is 6.54 Å². The van der Waals surface area contributed by atoms with Crippen molar-refractivity contribution in [1.29, 1.82) is 0 Å². The minimum atomic E-state index is 0.275. The Bertz CT molecular complexity index is 450. The van der Waals surface area contributed by atoms with Gasteiger partial charge in [-0.05, 0) is 18.6 Å². The molecule has 0 amide bonds. The zero-order valence-corrected chi connectivity index (χ0v) is 10.0. The lowest BCUT2D eigenvalue weighted by molar-refractivity contribution is 0.580. The average molecular weight is 230 g/mol. The van der Waals surface area contributed by atoms with Crippen LogP contribution in [0.25, 0.3) is 5.69 Å². The normalized spacial score (nSPS) is 12.6. The molecule has 1 aromatic carbocycles. The molecule has 0 spiro atoms. The van der Waals surface area contributed by atoms with Gasteiger partial charge in [-0.2, -0.15) is 0 Å². The third-order valence-electron chi connectivity index (χ3n) is 2.78. The maximum absolute atomic E-state index is 5.51. The Morgan fingerprint density at radius 3 is 2.94 bits per heavy atom. The van der Waals surface area contributed by atoms with Gasteiger partial charge in [0.25, 0.3) is 0 Å². The van der Waals surface area contributed by atoms with E-state index in [2.05, 4.69) is 35.4 Å². The summed E-state index contributed by atoms with van der Waals surface area (Å²) in [6.45, 7) is 3.61. The molecule has 1 aromatic heterocycles. The molecule has 2 aromatic rings. The van der Waals surface area contributed by atoms with Gasteiger partial charge in [0.15, 0.2) is 0 Å². The first-order valence-electron chi connectivity index (χ1n) is 5.83. The Morgan fingerprint density at radius 2 is 2.24 bits per heavy atom. The Kier molecular flexibility index (Phi) is 3.90. The molecule has 0 saturated heterocycles. The van der Waals surface area contributed by atoms with Crippen LogP contribution in [0.4, 0.5) is 0 Å². The molecular weight excluding hydrogens is 212 g/mol. The lowest BCUT2D eigenvalue weighted by atomic mass is 10.1. The van der Waals surface area contributed by atoms with Crippen LogP contribution in [0.5, 0.6) is 0 Å². The number of benzene rings is 1. The van der Waals surface area contributed by atoms with E-state index >= 15 is 0 Å². The zero-order chi connectivity index (χ0) is 12.1. The molecule has 0 fully saturated rings. The van der Waals surface area contributed by atoms with Gasteiger partial charge in [0.2, 0.25) is 0 Å². The molecule has 2 rings (SSSR count). The highest BCUT2D eigenvalue weighted by molar-refractivity contribution is 5.42. The molecule has 1 heterocycles. The first-order chi connectivity index (χ1) is 8.33. The second-order valence-corrected chi connectivity index (χ2v) is 3.99. The maximum Gasteiger partial charge on any atom is 0.0991 e. The van der Waals surface area contributed by atoms with Crippen molar-refractivity contribution < 1.29 is 0 Å². The van der Waals surface area contributed by atoms with Crippen LogP contribution < -0.4 is 11.1 Å². The van der Waals surface area contributed by atoms with Crippen LogP contribution >= 0.6 is 0 Å². The van der Waals surface area contributed by atoms with Gasteiger partial charge in [-0.15, -0.1) is 0 Å². The zero-order valence-electron chi connectivity index (χ0n) is 10.0. The molecule has 4 heteroatoms. The van der Waals surface area contributed by atoms with Gasteiger partial charge in [0, 0.05) is 31.5 Å². The molecule has 0 aliphatic heterocycles. The van der Waals surface area contributed by atoms with E-state index < -0.39 is 0 Å². The number of rotatable bonds is 5. The SMILES string of the molecule is CC(NCCN)c1ccccc1-n1ccnc1. The largest absolute Gasteiger partial charge is 0.329 e. The molecule has 4 nitrogen and oxygen atoms in total. The first-order valence-corrected chi connectivity index (χ1v) is 5.83. The predicted molar refractivity (Wildman–Crippen MR) is 69.0 cm³/mol. The molecule has 0 aliphatic carbocycles. The van der Waals surface area contributed by atoms with Crippen molar-refractivity contribution in [2.75, 3.05) is 13.1 Å². The third-order valence-corrected chi connectivity index (χ3v) is 2.78. The van der Waals surface area contributed by atoms with Gasteiger partial charge in [0.1, 0.15) is 0 Å². The topological polar surface area (TPSA) is 55.9 Å². The summed E-state index contributed by atoms with van der Waals surface area (Å²) in [5, 5.41) is 3.39. The fourth-order valence-electron chi connectivity index (χ4n) is 1.90. The average Bonchev–Trinajstić information content (AvgIpc) is 2.89. The summed E-state index contributed by atoms with van der Waals surface area (Å²) in [4.78, 5) is 4.08. The number of nitrogens with two attached hydrogens (primary N) is 1. The summed E-state index contributed by atoms with van der Waals surface area (Å²) < 4.78 is 2.02. The molecule has 17 heavy (non-hydrogen) atoms. The summed E-state index contributed by atoms with van der Waals surface area (Å²) in [6.07, 6.45) is 5.55. The Morgan fingerprint density at radius 1 is 1.41 bits per heavy atom. The first kappa shape index (κ1) is 11.8. The van der Waals surface area contributed by atoms with Crippen molar-refractivity contribution in [3.05, 3.63) is 48.5 Å². The van der Waals surface area contributed by atoms with Crippen molar-refractivity contribution >= 4 is 0 Å². The van der Waals surface area contributed by atoms with Crippen molar-refractivity contribution in [2.45, 2.75) is 13.0 Å². The third kappa shape index (κ3) is 2.72. The van der Waals surface area contributed by atoms with Gasteiger partial charge in [-0.25, -0.2) is 4.98 Å². The van der Waals surface area contributed by atoms with E-state index in [1.165, 1.54) is 5.56 Å². The number of imidazole rings is 1. The van der Waals surface area contributed by atoms with Crippen LogP contribution in [-0.2, 0) is 0 Å². The summed E-state index contributed by atoms with van der Waals surface area (Å²) in [5.74, 6) is 0. The minimum Gasteiger partial charge on any atom is -0.329 e. The van der Waals surface area contributed by atoms with Crippen molar-refractivity contribution in [3.63, 3.8) is 0 Å². The molecular formula is C13H18N4. The second kappa shape index (κ2) is 5.61. The number of hydrogen-bond acceptors (Lipinski definition) is 3. The number of nitrogens with one attached hydrogen (secondary N) is 1. The lowest BCUT2D eigenvalue weighted by Crippen LogP contribution is -2.26. The van der Waals surface area contributed by atoms with Crippen molar-refractivity contribution in [1.82, 2.24) is 14.9 Å². The minimum absolute atomic E-state index is 0.275. The van der Waals surface area contributed by atoms with Gasteiger partial charge < -0.3 is 15.6 Å². The Balaban J connectivity index is 2.28. The standard InChI is InChI=1S/C13H18N4/c1-11(16-7-6-14)12-4-2-3-5-13(12)17-9-8-15-10-17/h2-5,8-11,16H,6-7,14H2,1H3. The monoisotopic (exact) mass is 230 g/mol. The van der Waals surface area contributed by atoms with E-state index in [4.69, 9.17) is 5.73 Å². The molecule has 0 radical (unpaired) electrons. The molecule has 1 unspecified atom stereocenters. The van der Waals surface area contributed by atoms with Crippen LogP contribution in [-0.4, -0.2) is 22.6 Å². The fourth-order valence-corrected chi connectivity index (χ4v) is 1.90. The lowest BCUT2D eigenvalue weighted by Gasteiger charge is -2.17. The van der Waals surface area contributed by atoms with E-state index in [9.17, 15) is 0 Å². The fraction of sp³-hybridized carbons (Fsp3) is 0.308. The van der Waals surface area contributed by atoms with Crippen LogP contribution in [0.2, 0.25) is 0 Å². The molecule has 0 bridgehead atoms. The number of hydrogen-bond donors (Lipinski definition) is 2. The van der Waals surface area contributed by atoms with Crippen molar-refractivity contribution in [2.24, 2.45) is 5.73 Å². The van der Waals surface area contributed by atoms with Crippen LogP contribution in [0, 0.1) is 0 Å². The van der Waals surface area contributed by atoms with Gasteiger partial charge >= 0.3 is 0 Å². The quantitative estimate of drug-likeness (QED) is 0.818. The molecule has 3 N–H and O–H groups in total. The molecule has 1 atom stereocenters.